The zero-order valence-corrected chi connectivity index (χ0v) is 16.1. The zero-order valence-electron chi connectivity index (χ0n) is 16.1. The molecule has 2 aromatic carbocycles. The van der Waals surface area contributed by atoms with Crippen molar-refractivity contribution in [2.24, 2.45) is 5.41 Å². The molecule has 1 aliphatic heterocycles. The number of likely N-dealkylation sites (N-methyl/N-ethyl adjacent to an activating group) is 1. The van der Waals surface area contributed by atoms with E-state index in [4.69, 9.17) is 4.74 Å². The van der Waals surface area contributed by atoms with Crippen LogP contribution in [0.3, 0.4) is 0 Å². The normalized spacial score (nSPS) is 18.4. The minimum Gasteiger partial charge on any atom is -0.455 e. The highest BCUT2D eigenvalue weighted by Gasteiger charge is 2.58. The summed E-state index contributed by atoms with van der Waals surface area (Å²) in [6, 6.07) is 16.7. The van der Waals surface area contributed by atoms with Gasteiger partial charge in [0.05, 0.1) is 5.69 Å². The number of carbonyl (C=O) groups is 2. The Bertz CT molecular complexity index is 856. The second-order valence-electron chi connectivity index (χ2n) is 7.54. The number of para-hydroxylation sites is 3. The third kappa shape index (κ3) is 3.73. The maximum absolute atomic E-state index is 13.0. The summed E-state index contributed by atoms with van der Waals surface area (Å²) in [6.45, 7) is 3.05. The fourth-order valence-electron chi connectivity index (χ4n) is 3.49. The quantitative estimate of drug-likeness (QED) is 0.812. The Morgan fingerprint density at radius 1 is 0.929 bits per heavy atom. The summed E-state index contributed by atoms with van der Waals surface area (Å²) >= 11 is 0. The van der Waals surface area contributed by atoms with Gasteiger partial charge in [-0.1, -0.05) is 30.3 Å². The van der Waals surface area contributed by atoms with Crippen molar-refractivity contribution in [1.29, 1.82) is 0 Å². The third-order valence-electron chi connectivity index (χ3n) is 5.49. The molecule has 4 rings (SSSR count). The van der Waals surface area contributed by atoms with Gasteiger partial charge in [0.25, 0.3) is 0 Å². The van der Waals surface area contributed by atoms with E-state index in [0.29, 0.717) is 43.1 Å². The number of benzene rings is 2. The molecule has 2 aliphatic rings. The maximum atomic E-state index is 13.0. The van der Waals surface area contributed by atoms with Gasteiger partial charge in [0.15, 0.2) is 5.75 Å². The lowest BCUT2D eigenvalue weighted by Crippen LogP contribution is -2.51. The van der Waals surface area contributed by atoms with Gasteiger partial charge < -0.3 is 19.9 Å². The molecule has 28 heavy (non-hydrogen) atoms. The first-order chi connectivity index (χ1) is 13.6. The monoisotopic (exact) mass is 379 g/mol. The third-order valence-corrected chi connectivity index (χ3v) is 5.49. The second kappa shape index (κ2) is 7.64. The van der Waals surface area contributed by atoms with Gasteiger partial charge in [-0.3, -0.25) is 9.59 Å². The average molecular weight is 379 g/mol. The predicted octanol–water partition coefficient (Wildman–Crippen LogP) is 2.97. The second-order valence-corrected chi connectivity index (χ2v) is 7.54. The molecule has 2 amide bonds. The van der Waals surface area contributed by atoms with E-state index in [1.54, 1.807) is 6.07 Å². The van der Waals surface area contributed by atoms with Crippen molar-refractivity contribution in [3.8, 4) is 11.5 Å². The van der Waals surface area contributed by atoms with Crippen LogP contribution in [0.25, 0.3) is 0 Å². The molecule has 6 heteroatoms. The van der Waals surface area contributed by atoms with Crippen molar-refractivity contribution in [3.63, 3.8) is 0 Å². The lowest BCUT2D eigenvalue weighted by atomic mass is 10.0. The molecule has 0 spiro atoms. The Labute approximate surface area is 165 Å². The van der Waals surface area contributed by atoms with Crippen molar-refractivity contribution in [1.82, 2.24) is 9.80 Å². The topological polar surface area (TPSA) is 61.9 Å². The number of nitrogens with zero attached hydrogens (tertiary/aromatic N) is 2. The van der Waals surface area contributed by atoms with Gasteiger partial charge in [-0.05, 0) is 44.2 Å². The number of rotatable bonds is 5. The number of nitrogens with one attached hydrogen (secondary N) is 1. The standard InChI is InChI=1S/C22H25N3O3/c1-24-13-15-25(16-14-24)21(27)22(11-12-22)20(26)23-18-9-5-6-10-19(18)28-17-7-3-2-4-8-17/h2-10H,11-16H2,1H3,(H,23,26). The molecule has 0 unspecified atom stereocenters. The smallest absolute Gasteiger partial charge is 0.240 e. The molecule has 0 aromatic heterocycles. The summed E-state index contributed by atoms with van der Waals surface area (Å²) in [4.78, 5) is 30.1. The molecular formula is C22H25N3O3. The Morgan fingerprint density at radius 2 is 1.57 bits per heavy atom. The fraction of sp³-hybridized carbons (Fsp3) is 0.364. The largest absolute Gasteiger partial charge is 0.455 e. The van der Waals surface area contributed by atoms with Crippen LogP contribution < -0.4 is 10.1 Å². The van der Waals surface area contributed by atoms with E-state index >= 15 is 0 Å². The van der Waals surface area contributed by atoms with Gasteiger partial charge in [-0.15, -0.1) is 0 Å². The summed E-state index contributed by atoms with van der Waals surface area (Å²) in [7, 11) is 2.05. The molecule has 1 saturated carbocycles. The molecule has 2 aromatic rings. The van der Waals surface area contributed by atoms with Crippen LogP contribution in [0.2, 0.25) is 0 Å². The molecule has 1 saturated heterocycles. The lowest BCUT2D eigenvalue weighted by Gasteiger charge is -2.34. The Morgan fingerprint density at radius 3 is 2.25 bits per heavy atom. The van der Waals surface area contributed by atoms with E-state index in [-0.39, 0.29) is 11.8 Å². The molecular weight excluding hydrogens is 354 g/mol. The van der Waals surface area contributed by atoms with E-state index in [2.05, 4.69) is 10.2 Å². The minimum atomic E-state index is -0.921. The first-order valence-electron chi connectivity index (χ1n) is 9.70. The highest BCUT2D eigenvalue weighted by Crippen LogP contribution is 2.48. The van der Waals surface area contributed by atoms with Crippen LogP contribution in [0, 0.1) is 5.41 Å². The van der Waals surface area contributed by atoms with Crippen LogP contribution in [-0.2, 0) is 9.59 Å². The van der Waals surface area contributed by atoms with Gasteiger partial charge >= 0.3 is 0 Å². The number of piperazine rings is 1. The number of amides is 2. The lowest BCUT2D eigenvalue weighted by molar-refractivity contribution is -0.143. The van der Waals surface area contributed by atoms with Crippen LogP contribution in [-0.4, -0.2) is 54.8 Å². The van der Waals surface area contributed by atoms with Crippen LogP contribution in [0.15, 0.2) is 54.6 Å². The van der Waals surface area contributed by atoms with Crippen LogP contribution >= 0.6 is 0 Å². The number of hydrogen-bond acceptors (Lipinski definition) is 4. The maximum Gasteiger partial charge on any atom is 0.240 e. The number of anilines is 1. The van der Waals surface area contributed by atoms with E-state index < -0.39 is 5.41 Å². The Balaban J connectivity index is 1.47. The molecule has 0 radical (unpaired) electrons. The van der Waals surface area contributed by atoms with Crippen molar-refractivity contribution in [3.05, 3.63) is 54.6 Å². The van der Waals surface area contributed by atoms with E-state index in [0.717, 1.165) is 13.1 Å². The Hall–Kier alpha value is -2.86. The molecule has 1 N–H and O–H groups in total. The summed E-state index contributed by atoms with van der Waals surface area (Å²) in [5, 5.41) is 2.94. The minimum absolute atomic E-state index is 0.0421. The van der Waals surface area contributed by atoms with E-state index in [9.17, 15) is 9.59 Å². The summed E-state index contributed by atoms with van der Waals surface area (Å²) in [6.07, 6.45) is 1.21. The predicted molar refractivity (Wildman–Crippen MR) is 107 cm³/mol. The highest BCUT2D eigenvalue weighted by atomic mass is 16.5. The molecule has 146 valence electrons. The molecule has 6 nitrogen and oxygen atoms in total. The average Bonchev–Trinajstić information content (AvgIpc) is 3.52. The van der Waals surface area contributed by atoms with Crippen LogP contribution in [0.5, 0.6) is 11.5 Å². The first kappa shape index (κ1) is 18.5. The van der Waals surface area contributed by atoms with Gasteiger partial charge in [-0.2, -0.15) is 0 Å². The van der Waals surface area contributed by atoms with Gasteiger partial charge in [0, 0.05) is 26.2 Å². The molecule has 0 atom stereocenters. The number of hydrogen-bond donors (Lipinski definition) is 1. The number of ether oxygens (including phenoxy) is 1. The highest BCUT2D eigenvalue weighted by molar-refractivity contribution is 6.13. The molecule has 0 bridgehead atoms. The summed E-state index contributed by atoms with van der Waals surface area (Å²) in [5.74, 6) is 0.976. The fourth-order valence-corrected chi connectivity index (χ4v) is 3.49. The van der Waals surface area contributed by atoms with Crippen molar-refractivity contribution >= 4 is 17.5 Å². The van der Waals surface area contributed by atoms with Crippen molar-refractivity contribution < 1.29 is 14.3 Å². The van der Waals surface area contributed by atoms with Crippen LogP contribution in [0.4, 0.5) is 5.69 Å². The van der Waals surface area contributed by atoms with Crippen molar-refractivity contribution in [2.75, 3.05) is 38.5 Å². The molecule has 1 heterocycles. The van der Waals surface area contributed by atoms with Gasteiger partial charge in [-0.25, -0.2) is 0 Å². The summed E-state index contributed by atoms with van der Waals surface area (Å²) in [5.41, 5.74) is -0.343. The molecule has 1 aliphatic carbocycles. The SMILES string of the molecule is CN1CCN(C(=O)C2(C(=O)Nc3ccccc3Oc3ccccc3)CC2)CC1. The summed E-state index contributed by atoms with van der Waals surface area (Å²) < 4.78 is 5.92. The Kier molecular flexibility index (Phi) is 5.05. The molecule has 2 fully saturated rings. The zero-order chi connectivity index (χ0) is 19.6. The van der Waals surface area contributed by atoms with Gasteiger partial charge in [0.1, 0.15) is 11.2 Å². The first-order valence-corrected chi connectivity index (χ1v) is 9.70. The number of carbonyl (C=O) groups excluding carboxylic acids is 2. The van der Waals surface area contributed by atoms with Crippen molar-refractivity contribution in [2.45, 2.75) is 12.8 Å². The van der Waals surface area contributed by atoms with E-state index in [1.807, 2.05) is 60.5 Å². The van der Waals surface area contributed by atoms with Crippen LogP contribution in [0.1, 0.15) is 12.8 Å². The van der Waals surface area contributed by atoms with Gasteiger partial charge in [0.2, 0.25) is 11.8 Å². The van der Waals surface area contributed by atoms with E-state index in [1.165, 1.54) is 0 Å².